The number of ketones is 1. The van der Waals surface area contributed by atoms with Gasteiger partial charge in [-0.25, -0.2) is 8.78 Å². The molecule has 222 valence electrons. The largest absolute Gasteiger partial charge is 0.482 e. The molecule has 0 aliphatic carbocycles. The summed E-state index contributed by atoms with van der Waals surface area (Å²) in [6.07, 6.45) is 0.584. The van der Waals surface area contributed by atoms with Gasteiger partial charge in [0.2, 0.25) is 11.7 Å². The van der Waals surface area contributed by atoms with Crippen LogP contribution in [0.4, 0.5) is 13.2 Å². The van der Waals surface area contributed by atoms with E-state index in [9.17, 15) is 32.3 Å². The van der Waals surface area contributed by atoms with Crippen LogP contribution >= 0.6 is 11.6 Å². The average molecular weight is 609 g/mol. The molecule has 42 heavy (non-hydrogen) atoms. The molecular formula is C27H24ClF3N4O7. The van der Waals surface area contributed by atoms with Gasteiger partial charge in [0.05, 0.1) is 17.0 Å². The maximum Gasteiger partial charge on any atom is 0.308 e. The normalized spacial score (nSPS) is 12.1. The Hall–Kier alpha value is -4.72. The SMILES string of the molecule is C=CCOC(=O)C[C@H](NC(=O)[C@H](C)NC(=O)c1noc(-c2ccccc2Cl)n1)C(=O)COc1c(C)c(F)cc(F)c1F. The van der Waals surface area contributed by atoms with Crippen LogP contribution in [0.25, 0.3) is 11.5 Å². The summed E-state index contributed by atoms with van der Waals surface area (Å²) < 4.78 is 56.5. The molecule has 3 rings (SSSR count). The van der Waals surface area contributed by atoms with E-state index in [-0.39, 0.29) is 12.5 Å². The number of esters is 1. The van der Waals surface area contributed by atoms with Gasteiger partial charge in [-0.05, 0) is 26.0 Å². The maximum atomic E-state index is 14.1. The summed E-state index contributed by atoms with van der Waals surface area (Å²) in [5.41, 5.74) is -0.0253. The van der Waals surface area contributed by atoms with E-state index >= 15 is 0 Å². The topological polar surface area (TPSA) is 150 Å². The van der Waals surface area contributed by atoms with E-state index < -0.39 is 83.3 Å². The van der Waals surface area contributed by atoms with Crippen LogP contribution in [0.15, 0.2) is 47.5 Å². The fraction of sp³-hybridized carbons (Fsp3) is 0.259. The highest BCUT2D eigenvalue weighted by molar-refractivity contribution is 6.33. The monoisotopic (exact) mass is 608 g/mol. The first-order valence-electron chi connectivity index (χ1n) is 12.2. The molecule has 0 bridgehead atoms. The van der Waals surface area contributed by atoms with Crippen molar-refractivity contribution in [3.05, 3.63) is 76.8 Å². The molecule has 1 heterocycles. The lowest BCUT2D eigenvalue weighted by atomic mass is 10.1. The Morgan fingerprint density at radius 1 is 1.14 bits per heavy atom. The van der Waals surface area contributed by atoms with Gasteiger partial charge < -0.3 is 24.6 Å². The predicted octanol–water partition coefficient (Wildman–Crippen LogP) is 3.49. The molecule has 2 amide bonds. The van der Waals surface area contributed by atoms with Crippen molar-refractivity contribution in [3.63, 3.8) is 0 Å². The van der Waals surface area contributed by atoms with Gasteiger partial charge in [0.1, 0.15) is 31.1 Å². The predicted molar refractivity (Wildman–Crippen MR) is 141 cm³/mol. The standard InChI is InChI=1S/C27H24ClF3N4O7/c1-4-9-40-21(37)11-19(20(36)12-41-23-13(2)17(29)10-18(30)22(23)31)33-25(38)14(3)32-26(39)24-34-27(42-35-24)15-7-5-6-8-16(15)28/h4-8,10,14,19H,1,9,11-12H2,2-3H3,(H,32,39)(H,33,38)/t14-,19-/m0/s1. The van der Waals surface area contributed by atoms with Gasteiger partial charge in [0.15, 0.2) is 17.3 Å². The highest BCUT2D eigenvalue weighted by atomic mass is 35.5. The summed E-state index contributed by atoms with van der Waals surface area (Å²) >= 11 is 6.09. The molecule has 0 saturated carbocycles. The lowest BCUT2D eigenvalue weighted by molar-refractivity contribution is -0.145. The van der Waals surface area contributed by atoms with Gasteiger partial charge in [-0.3, -0.25) is 19.2 Å². The van der Waals surface area contributed by atoms with Crippen molar-refractivity contribution in [3.8, 4) is 17.2 Å². The van der Waals surface area contributed by atoms with Crippen LogP contribution < -0.4 is 15.4 Å². The number of rotatable bonds is 13. The number of carbonyl (C=O) groups is 4. The van der Waals surface area contributed by atoms with Crippen LogP contribution in [0.3, 0.4) is 0 Å². The van der Waals surface area contributed by atoms with Gasteiger partial charge in [-0.1, -0.05) is 41.5 Å². The van der Waals surface area contributed by atoms with E-state index in [1.54, 1.807) is 24.3 Å². The van der Waals surface area contributed by atoms with Crippen molar-refractivity contribution in [1.82, 2.24) is 20.8 Å². The highest BCUT2D eigenvalue weighted by Gasteiger charge is 2.29. The first-order valence-corrected chi connectivity index (χ1v) is 12.6. The molecule has 11 nitrogen and oxygen atoms in total. The molecule has 0 unspecified atom stereocenters. The Labute approximate surface area is 242 Å². The summed E-state index contributed by atoms with van der Waals surface area (Å²) in [7, 11) is 0. The molecule has 2 atom stereocenters. The fourth-order valence-electron chi connectivity index (χ4n) is 3.39. The lowest BCUT2D eigenvalue weighted by Gasteiger charge is -2.20. The molecular weight excluding hydrogens is 585 g/mol. The van der Waals surface area contributed by atoms with Crippen molar-refractivity contribution in [1.29, 1.82) is 0 Å². The molecule has 0 saturated heterocycles. The Bertz CT molecular complexity index is 1490. The second-order valence-electron chi connectivity index (χ2n) is 8.70. The van der Waals surface area contributed by atoms with E-state index in [0.29, 0.717) is 16.7 Å². The number of halogens is 4. The summed E-state index contributed by atoms with van der Waals surface area (Å²) in [5.74, 6) is -9.20. The van der Waals surface area contributed by atoms with E-state index in [1.807, 2.05) is 0 Å². The van der Waals surface area contributed by atoms with Crippen LogP contribution in [-0.4, -0.2) is 59.0 Å². The smallest absolute Gasteiger partial charge is 0.308 e. The maximum absolute atomic E-state index is 14.1. The second-order valence-corrected chi connectivity index (χ2v) is 9.11. The molecule has 1 aromatic heterocycles. The number of nitrogens with zero attached hydrogens (tertiary/aromatic N) is 2. The third-order valence-electron chi connectivity index (χ3n) is 5.63. The van der Waals surface area contributed by atoms with E-state index in [0.717, 1.165) is 6.92 Å². The van der Waals surface area contributed by atoms with Crippen LogP contribution in [0.5, 0.6) is 5.75 Å². The molecule has 3 aromatic rings. The minimum Gasteiger partial charge on any atom is -0.482 e. The molecule has 0 aliphatic rings. The fourth-order valence-corrected chi connectivity index (χ4v) is 3.60. The number of aromatic nitrogens is 2. The Kier molecular flexibility index (Phi) is 10.8. The van der Waals surface area contributed by atoms with Crippen LogP contribution in [0.1, 0.15) is 29.5 Å². The van der Waals surface area contributed by atoms with Crippen molar-refractivity contribution in [2.24, 2.45) is 0 Å². The van der Waals surface area contributed by atoms with Gasteiger partial charge in [0, 0.05) is 11.6 Å². The van der Waals surface area contributed by atoms with Crippen LogP contribution in [-0.2, 0) is 19.1 Å². The van der Waals surface area contributed by atoms with Crippen molar-refractivity contribution >= 4 is 35.2 Å². The number of nitrogens with one attached hydrogen (secondary N) is 2. The third-order valence-corrected chi connectivity index (χ3v) is 5.96. The van der Waals surface area contributed by atoms with Gasteiger partial charge >= 0.3 is 5.97 Å². The highest BCUT2D eigenvalue weighted by Crippen LogP contribution is 2.27. The quantitative estimate of drug-likeness (QED) is 0.169. The number of ether oxygens (including phenoxy) is 2. The Morgan fingerprint density at radius 3 is 2.55 bits per heavy atom. The average Bonchev–Trinajstić information content (AvgIpc) is 3.45. The first kappa shape index (κ1) is 31.8. The first-order chi connectivity index (χ1) is 19.9. The van der Waals surface area contributed by atoms with Gasteiger partial charge in [-0.2, -0.15) is 9.37 Å². The summed E-state index contributed by atoms with van der Waals surface area (Å²) in [6, 6.07) is 3.96. The zero-order valence-corrected chi connectivity index (χ0v) is 23.0. The minimum absolute atomic E-state index is 0.0450. The lowest BCUT2D eigenvalue weighted by Crippen LogP contribution is -2.52. The number of hydrogen-bond acceptors (Lipinski definition) is 9. The number of amides is 2. The zero-order chi connectivity index (χ0) is 31.0. The van der Waals surface area contributed by atoms with E-state index in [2.05, 4.69) is 27.4 Å². The second kappa shape index (κ2) is 14.3. The molecule has 0 radical (unpaired) electrons. The molecule has 15 heteroatoms. The minimum atomic E-state index is -1.59. The number of Topliss-reactive ketones (excluding diaryl/α,β-unsaturated/α-hetero) is 1. The Morgan fingerprint density at radius 2 is 1.86 bits per heavy atom. The number of hydrogen-bond donors (Lipinski definition) is 2. The van der Waals surface area contributed by atoms with Crippen molar-refractivity contribution in [2.75, 3.05) is 13.2 Å². The molecule has 0 spiro atoms. The Balaban J connectivity index is 1.69. The van der Waals surface area contributed by atoms with Crippen LogP contribution in [0.2, 0.25) is 5.02 Å². The van der Waals surface area contributed by atoms with E-state index in [4.69, 9.17) is 25.6 Å². The number of benzene rings is 2. The van der Waals surface area contributed by atoms with Gasteiger partial charge in [-0.15, -0.1) is 0 Å². The molecule has 0 aliphatic heterocycles. The molecule has 2 N–H and O–H groups in total. The van der Waals surface area contributed by atoms with Crippen molar-refractivity contribution in [2.45, 2.75) is 32.4 Å². The molecule has 2 aromatic carbocycles. The summed E-state index contributed by atoms with van der Waals surface area (Å²) in [4.78, 5) is 54.4. The van der Waals surface area contributed by atoms with E-state index in [1.165, 1.54) is 13.0 Å². The van der Waals surface area contributed by atoms with Crippen molar-refractivity contribution < 1.29 is 46.3 Å². The zero-order valence-electron chi connectivity index (χ0n) is 22.2. The molecule has 0 fully saturated rings. The number of carbonyl (C=O) groups excluding carboxylic acids is 4. The van der Waals surface area contributed by atoms with Crippen LogP contribution in [0, 0.1) is 24.4 Å². The summed E-state index contributed by atoms with van der Waals surface area (Å²) in [6.45, 7) is 4.60. The third kappa shape index (κ3) is 7.94. The van der Waals surface area contributed by atoms with Gasteiger partial charge in [0.25, 0.3) is 17.6 Å². The summed E-state index contributed by atoms with van der Waals surface area (Å²) in [5, 5.41) is 8.46.